The first-order valence-electron chi connectivity index (χ1n) is 3.18. The Labute approximate surface area is 78.2 Å². The molecule has 0 radical (unpaired) electrons. The van der Waals surface area contributed by atoms with E-state index in [2.05, 4.69) is 20.9 Å². The lowest BCUT2D eigenvalue weighted by Gasteiger charge is -1.96. The molecule has 0 unspecified atom stereocenters. The monoisotopic (exact) mass is 245 g/mol. The van der Waals surface area contributed by atoms with Gasteiger partial charge in [0, 0.05) is 17.2 Å². The van der Waals surface area contributed by atoms with E-state index in [0.29, 0.717) is 15.1 Å². The standard InChI is InChI=1S/C7H4BrNO2S/c8-7-3-6-5(4-9-7)1-2-12(6,10)11/h1-4H. The third-order valence-corrected chi connectivity index (χ3v) is 3.49. The molecule has 3 nitrogen and oxygen atoms in total. The van der Waals surface area contributed by atoms with Crippen LogP contribution in [0.3, 0.4) is 0 Å². The van der Waals surface area contributed by atoms with Gasteiger partial charge in [0.1, 0.15) is 4.60 Å². The van der Waals surface area contributed by atoms with E-state index in [1.54, 1.807) is 6.08 Å². The SMILES string of the molecule is O=S1(=O)C=Cc2cnc(Br)cc21. The van der Waals surface area contributed by atoms with E-state index >= 15 is 0 Å². The number of aromatic nitrogens is 1. The Balaban J connectivity index is 2.80. The van der Waals surface area contributed by atoms with Gasteiger partial charge in [0.05, 0.1) is 4.90 Å². The van der Waals surface area contributed by atoms with Gasteiger partial charge >= 0.3 is 0 Å². The van der Waals surface area contributed by atoms with Crippen molar-refractivity contribution in [2.45, 2.75) is 4.90 Å². The number of fused-ring (bicyclic) bond motifs is 1. The molecule has 0 fully saturated rings. The Morgan fingerprint density at radius 2 is 2.17 bits per heavy atom. The van der Waals surface area contributed by atoms with Crippen LogP contribution in [0.4, 0.5) is 0 Å². The molecule has 1 aromatic rings. The minimum atomic E-state index is -3.18. The summed E-state index contributed by atoms with van der Waals surface area (Å²) >= 11 is 3.11. The second-order valence-electron chi connectivity index (χ2n) is 2.39. The lowest BCUT2D eigenvalue weighted by molar-refractivity contribution is 0.605. The lowest BCUT2D eigenvalue weighted by atomic mass is 10.3. The van der Waals surface area contributed by atoms with Gasteiger partial charge < -0.3 is 0 Å². The number of hydrogen-bond donors (Lipinski definition) is 0. The largest absolute Gasteiger partial charge is 0.249 e. The van der Waals surface area contributed by atoms with Crippen LogP contribution >= 0.6 is 15.9 Å². The molecular formula is C7H4BrNO2S. The van der Waals surface area contributed by atoms with E-state index in [0.717, 1.165) is 0 Å². The van der Waals surface area contributed by atoms with Gasteiger partial charge in [-0.3, -0.25) is 0 Å². The van der Waals surface area contributed by atoms with Gasteiger partial charge in [-0.2, -0.15) is 0 Å². The van der Waals surface area contributed by atoms with Crippen molar-refractivity contribution in [1.82, 2.24) is 4.98 Å². The summed E-state index contributed by atoms with van der Waals surface area (Å²) in [4.78, 5) is 4.24. The third-order valence-electron chi connectivity index (χ3n) is 1.59. The molecule has 1 aromatic heterocycles. The molecule has 0 spiro atoms. The molecule has 0 saturated heterocycles. The molecule has 2 heterocycles. The molecule has 62 valence electrons. The van der Waals surface area contributed by atoms with E-state index in [9.17, 15) is 8.42 Å². The van der Waals surface area contributed by atoms with Crippen LogP contribution in [0, 0.1) is 0 Å². The molecule has 0 amide bonds. The molecule has 1 aliphatic heterocycles. The molecule has 0 saturated carbocycles. The van der Waals surface area contributed by atoms with Crippen molar-refractivity contribution < 1.29 is 8.42 Å². The van der Waals surface area contributed by atoms with Gasteiger partial charge in [0.25, 0.3) is 0 Å². The second kappa shape index (κ2) is 2.40. The fourth-order valence-electron chi connectivity index (χ4n) is 1.03. The van der Waals surface area contributed by atoms with Crippen LogP contribution in [0.25, 0.3) is 6.08 Å². The minimum Gasteiger partial charge on any atom is -0.249 e. The van der Waals surface area contributed by atoms with Crippen molar-refractivity contribution in [2.24, 2.45) is 0 Å². The molecule has 12 heavy (non-hydrogen) atoms. The summed E-state index contributed by atoms with van der Waals surface area (Å²) in [7, 11) is -3.18. The number of sulfone groups is 1. The summed E-state index contributed by atoms with van der Waals surface area (Å²) in [5, 5.41) is 1.19. The summed E-state index contributed by atoms with van der Waals surface area (Å²) in [6.07, 6.45) is 3.07. The maximum Gasteiger partial charge on any atom is 0.200 e. The second-order valence-corrected chi connectivity index (χ2v) is 5.01. The van der Waals surface area contributed by atoms with Crippen molar-refractivity contribution in [2.75, 3.05) is 0 Å². The smallest absolute Gasteiger partial charge is 0.200 e. The molecule has 0 bridgehead atoms. The van der Waals surface area contributed by atoms with Crippen molar-refractivity contribution in [3.05, 3.63) is 27.8 Å². The van der Waals surface area contributed by atoms with E-state index in [4.69, 9.17) is 0 Å². The highest BCUT2D eigenvalue weighted by Gasteiger charge is 2.20. The van der Waals surface area contributed by atoms with E-state index in [1.807, 2.05) is 0 Å². The average molecular weight is 246 g/mol. The fraction of sp³-hybridized carbons (Fsp3) is 0. The highest BCUT2D eigenvalue weighted by molar-refractivity contribution is 9.10. The van der Waals surface area contributed by atoms with Crippen LogP contribution < -0.4 is 0 Å². The number of rotatable bonds is 0. The third kappa shape index (κ3) is 1.09. The van der Waals surface area contributed by atoms with Crippen LogP contribution in [-0.2, 0) is 9.84 Å². The zero-order chi connectivity index (χ0) is 8.77. The van der Waals surface area contributed by atoms with Crippen LogP contribution in [0.5, 0.6) is 0 Å². The van der Waals surface area contributed by atoms with E-state index < -0.39 is 9.84 Å². The fourth-order valence-corrected chi connectivity index (χ4v) is 2.71. The summed E-state index contributed by atoms with van der Waals surface area (Å²) in [6, 6.07) is 1.50. The van der Waals surface area contributed by atoms with Gasteiger partial charge in [-0.15, -0.1) is 0 Å². The maximum atomic E-state index is 11.3. The molecule has 0 atom stereocenters. The Hall–Kier alpha value is -0.680. The van der Waals surface area contributed by atoms with Gasteiger partial charge in [-0.1, -0.05) is 0 Å². The summed E-state index contributed by atoms with van der Waals surface area (Å²) in [5.41, 5.74) is 0.651. The van der Waals surface area contributed by atoms with Gasteiger partial charge in [-0.05, 0) is 28.1 Å². The van der Waals surface area contributed by atoms with Gasteiger partial charge in [-0.25, -0.2) is 13.4 Å². The van der Waals surface area contributed by atoms with E-state index in [1.165, 1.54) is 17.7 Å². The summed E-state index contributed by atoms with van der Waals surface area (Å²) in [6.45, 7) is 0. The number of hydrogen-bond acceptors (Lipinski definition) is 3. The molecule has 1 aliphatic rings. The minimum absolute atomic E-state index is 0.323. The number of nitrogens with zero attached hydrogens (tertiary/aromatic N) is 1. The summed E-state index contributed by atoms with van der Waals surface area (Å²) < 4.78 is 23.1. The first-order chi connectivity index (χ1) is 5.59. The molecule has 0 N–H and O–H groups in total. The zero-order valence-corrected chi connectivity index (χ0v) is 8.26. The predicted molar refractivity (Wildman–Crippen MR) is 48.2 cm³/mol. The Bertz CT molecular complexity index is 464. The first-order valence-corrected chi connectivity index (χ1v) is 5.52. The van der Waals surface area contributed by atoms with Crippen molar-refractivity contribution in [3.8, 4) is 0 Å². The maximum absolute atomic E-state index is 11.3. The van der Waals surface area contributed by atoms with Gasteiger partial charge in [0.2, 0.25) is 9.84 Å². The molecule has 0 aromatic carbocycles. The predicted octanol–water partition coefficient (Wildman–Crippen LogP) is 1.60. The van der Waals surface area contributed by atoms with Crippen LogP contribution in [0.2, 0.25) is 0 Å². The van der Waals surface area contributed by atoms with Gasteiger partial charge in [0.15, 0.2) is 0 Å². The van der Waals surface area contributed by atoms with Crippen LogP contribution in [0.1, 0.15) is 5.56 Å². The molecular weight excluding hydrogens is 242 g/mol. The van der Waals surface area contributed by atoms with Crippen molar-refractivity contribution in [1.29, 1.82) is 0 Å². The Kier molecular flexibility index (Phi) is 1.59. The molecule has 0 aliphatic carbocycles. The summed E-state index contributed by atoms with van der Waals surface area (Å²) in [5.74, 6) is 0. The lowest BCUT2D eigenvalue weighted by Crippen LogP contribution is -1.93. The highest BCUT2D eigenvalue weighted by Crippen LogP contribution is 2.27. The Morgan fingerprint density at radius 1 is 1.42 bits per heavy atom. The molecule has 5 heteroatoms. The van der Waals surface area contributed by atoms with Crippen molar-refractivity contribution in [3.63, 3.8) is 0 Å². The Morgan fingerprint density at radius 3 is 2.92 bits per heavy atom. The first kappa shape index (κ1) is 7.94. The number of halogens is 1. The van der Waals surface area contributed by atoms with Crippen LogP contribution in [-0.4, -0.2) is 13.4 Å². The average Bonchev–Trinajstić information content (AvgIpc) is 2.28. The van der Waals surface area contributed by atoms with E-state index in [-0.39, 0.29) is 0 Å². The normalized spacial score (nSPS) is 17.8. The number of pyridine rings is 1. The molecule has 2 rings (SSSR count). The van der Waals surface area contributed by atoms with Crippen LogP contribution in [0.15, 0.2) is 27.2 Å². The topological polar surface area (TPSA) is 47.0 Å². The zero-order valence-electron chi connectivity index (χ0n) is 5.86. The quantitative estimate of drug-likeness (QED) is 0.653. The van der Waals surface area contributed by atoms with Crippen molar-refractivity contribution >= 4 is 31.8 Å². The highest BCUT2D eigenvalue weighted by atomic mass is 79.9.